The van der Waals surface area contributed by atoms with Crippen LogP contribution >= 0.6 is 23.6 Å². The minimum Gasteiger partial charge on any atom is -0.493 e. The Kier molecular flexibility index (Phi) is 4.21. The van der Waals surface area contributed by atoms with Crippen LogP contribution in [-0.2, 0) is 0 Å². The lowest BCUT2D eigenvalue weighted by Crippen LogP contribution is -2.19. The van der Waals surface area contributed by atoms with Crippen molar-refractivity contribution in [3.05, 3.63) is 79.0 Å². The van der Waals surface area contributed by atoms with Gasteiger partial charge in [-0.15, -0.1) is 11.3 Å². The second-order valence-corrected chi connectivity index (χ2v) is 7.59. The average molecular weight is 395 g/mol. The predicted octanol–water partition coefficient (Wildman–Crippen LogP) is 3.23. The van der Waals surface area contributed by atoms with Gasteiger partial charge in [-0.25, -0.2) is 14.8 Å². The fourth-order valence-corrected chi connectivity index (χ4v) is 4.04. The van der Waals surface area contributed by atoms with Crippen LogP contribution in [0, 0.1) is 10.9 Å². The van der Waals surface area contributed by atoms with Crippen molar-refractivity contribution in [3.63, 3.8) is 0 Å². The van der Waals surface area contributed by atoms with Crippen molar-refractivity contribution in [2.75, 3.05) is 0 Å². The number of aromatic hydroxyl groups is 1. The zero-order valence-corrected chi connectivity index (χ0v) is 15.7. The molecule has 0 bridgehead atoms. The number of fused-ring (bicyclic) bond motifs is 1. The molecule has 3 aromatic rings. The molecule has 2 N–H and O–H groups in total. The Morgan fingerprint density at radius 3 is 2.48 bits per heavy atom. The summed E-state index contributed by atoms with van der Waals surface area (Å²) in [6, 6.07) is 12.2. The highest BCUT2D eigenvalue weighted by Crippen LogP contribution is 2.33. The van der Waals surface area contributed by atoms with E-state index in [0.29, 0.717) is 20.3 Å². The normalized spacial score (nSPS) is 12.3. The van der Waals surface area contributed by atoms with Gasteiger partial charge in [-0.3, -0.25) is 4.57 Å². The quantitative estimate of drug-likeness (QED) is 0.667. The van der Waals surface area contributed by atoms with Gasteiger partial charge in [0.25, 0.3) is 0 Å². The van der Waals surface area contributed by atoms with Crippen molar-refractivity contribution in [1.82, 2.24) is 4.57 Å². The molecule has 0 spiro atoms. The molecule has 1 aromatic heterocycles. The van der Waals surface area contributed by atoms with E-state index >= 15 is 0 Å². The number of hydrogen-bond acceptors (Lipinski definition) is 6. The van der Waals surface area contributed by atoms with E-state index in [1.807, 2.05) is 31.2 Å². The Morgan fingerprint density at radius 2 is 1.85 bits per heavy atom. The highest BCUT2D eigenvalue weighted by Gasteiger charge is 2.16. The number of aromatic carboxylic acids is 1. The molecule has 0 saturated heterocycles. The zero-order chi connectivity index (χ0) is 19.1. The van der Waals surface area contributed by atoms with Gasteiger partial charge in [0.05, 0.1) is 26.8 Å². The van der Waals surface area contributed by atoms with Gasteiger partial charge in [-0.2, -0.15) is 0 Å². The van der Waals surface area contributed by atoms with Gasteiger partial charge >= 0.3 is 5.97 Å². The standard InChI is InChI=1S/C19H13N3O3S2/c1-10-6-7-11(18(24)25)8-14(10)22-17(23)15(27-19(22)26)9-16-20-12-4-2-3-5-13(12)21-16/h2-9,23H,1H3,(H,24,25). The van der Waals surface area contributed by atoms with E-state index in [1.54, 1.807) is 12.1 Å². The van der Waals surface area contributed by atoms with E-state index in [0.717, 1.165) is 16.3 Å². The summed E-state index contributed by atoms with van der Waals surface area (Å²) >= 11 is 6.61. The molecule has 1 aliphatic heterocycles. The van der Waals surface area contributed by atoms with Crippen LogP contribution in [0.25, 0.3) is 11.8 Å². The zero-order valence-electron chi connectivity index (χ0n) is 14.1. The van der Waals surface area contributed by atoms with Gasteiger partial charge < -0.3 is 10.2 Å². The number of aromatic nitrogens is 1. The molecule has 2 aromatic carbocycles. The number of carboxylic acid groups (broad SMARTS) is 1. The number of hydrogen-bond donors (Lipinski definition) is 2. The third-order valence-electron chi connectivity index (χ3n) is 4.12. The molecule has 27 heavy (non-hydrogen) atoms. The fourth-order valence-electron chi connectivity index (χ4n) is 2.78. The molecule has 4 rings (SSSR count). The lowest BCUT2D eigenvalue weighted by molar-refractivity contribution is 0.0697. The van der Waals surface area contributed by atoms with Crippen molar-refractivity contribution >= 4 is 35.6 Å². The number of thiazole rings is 1. The number of para-hydroxylation sites is 2. The van der Waals surface area contributed by atoms with Crippen molar-refractivity contribution in [3.8, 4) is 11.6 Å². The van der Waals surface area contributed by atoms with Gasteiger partial charge in [0.2, 0.25) is 5.88 Å². The van der Waals surface area contributed by atoms with Crippen LogP contribution in [0.1, 0.15) is 20.8 Å². The Bertz CT molecular complexity index is 1270. The molecule has 1 aliphatic rings. The molecule has 0 amide bonds. The minimum atomic E-state index is -1.04. The van der Waals surface area contributed by atoms with Crippen molar-refractivity contribution < 1.29 is 15.0 Å². The second-order valence-electron chi connectivity index (χ2n) is 5.91. The first-order chi connectivity index (χ1) is 12.9. The number of rotatable bonds is 3. The summed E-state index contributed by atoms with van der Waals surface area (Å²) in [5.41, 5.74) is 1.45. The van der Waals surface area contributed by atoms with Gasteiger partial charge in [0, 0.05) is 6.08 Å². The highest BCUT2D eigenvalue weighted by atomic mass is 32.1. The summed E-state index contributed by atoms with van der Waals surface area (Å²) in [5, 5.41) is 21.5. The van der Waals surface area contributed by atoms with Crippen LogP contribution < -0.4 is 10.7 Å². The summed E-state index contributed by atoms with van der Waals surface area (Å²) in [4.78, 5) is 20.6. The van der Waals surface area contributed by atoms with Crippen LogP contribution in [0.4, 0.5) is 0 Å². The van der Waals surface area contributed by atoms with E-state index in [4.69, 9.17) is 12.2 Å². The Morgan fingerprint density at radius 1 is 1.19 bits per heavy atom. The van der Waals surface area contributed by atoms with Gasteiger partial charge in [0.1, 0.15) is 0 Å². The third-order valence-corrected chi connectivity index (χ3v) is 5.43. The summed E-state index contributed by atoms with van der Waals surface area (Å²) in [6.45, 7) is 1.83. The van der Waals surface area contributed by atoms with Crippen molar-refractivity contribution in [2.24, 2.45) is 9.98 Å². The van der Waals surface area contributed by atoms with E-state index in [-0.39, 0.29) is 11.4 Å². The molecule has 0 atom stereocenters. The molecule has 0 saturated carbocycles. The molecular weight excluding hydrogens is 382 g/mol. The average Bonchev–Trinajstić information content (AvgIpc) is 3.16. The Hall–Kier alpha value is -3.10. The lowest BCUT2D eigenvalue weighted by Gasteiger charge is -2.09. The van der Waals surface area contributed by atoms with Gasteiger partial charge in [0.15, 0.2) is 9.78 Å². The Balaban J connectivity index is 1.84. The van der Waals surface area contributed by atoms with E-state index in [1.165, 1.54) is 28.0 Å². The highest BCUT2D eigenvalue weighted by molar-refractivity contribution is 7.73. The third kappa shape index (κ3) is 3.09. The molecule has 0 unspecified atom stereocenters. The number of aryl methyl sites for hydroxylation is 1. The fraction of sp³-hybridized carbons (Fsp3) is 0.0526. The number of carboxylic acids is 1. The molecule has 0 aliphatic carbocycles. The van der Waals surface area contributed by atoms with E-state index in [9.17, 15) is 15.0 Å². The molecule has 0 fully saturated rings. The Labute approximate surface area is 162 Å². The number of carbonyl (C=O) groups is 1. The maximum atomic E-state index is 11.3. The summed E-state index contributed by atoms with van der Waals surface area (Å²) in [6.07, 6.45) is 1.67. The monoisotopic (exact) mass is 395 g/mol. The van der Waals surface area contributed by atoms with Crippen LogP contribution in [0.15, 0.2) is 58.3 Å². The van der Waals surface area contributed by atoms with Crippen LogP contribution in [0.5, 0.6) is 5.88 Å². The smallest absolute Gasteiger partial charge is 0.335 e. The first-order valence-corrected chi connectivity index (χ1v) is 9.20. The molecule has 8 heteroatoms. The second kappa shape index (κ2) is 6.57. The number of nitrogens with zero attached hydrogens (tertiary/aromatic N) is 3. The molecular formula is C19H13N3O3S2. The van der Waals surface area contributed by atoms with Crippen molar-refractivity contribution in [2.45, 2.75) is 6.92 Å². The maximum absolute atomic E-state index is 11.3. The van der Waals surface area contributed by atoms with Crippen LogP contribution in [0.2, 0.25) is 0 Å². The number of benzene rings is 2. The minimum absolute atomic E-state index is 0.0653. The molecule has 134 valence electrons. The maximum Gasteiger partial charge on any atom is 0.335 e. The molecule has 6 nitrogen and oxygen atoms in total. The van der Waals surface area contributed by atoms with Crippen LogP contribution in [-0.4, -0.2) is 20.7 Å². The summed E-state index contributed by atoms with van der Waals surface area (Å²) in [7, 11) is 0. The predicted molar refractivity (Wildman–Crippen MR) is 105 cm³/mol. The van der Waals surface area contributed by atoms with Crippen LogP contribution in [0.3, 0.4) is 0 Å². The van der Waals surface area contributed by atoms with E-state index in [2.05, 4.69) is 9.98 Å². The molecule has 2 heterocycles. The molecule has 0 radical (unpaired) electrons. The van der Waals surface area contributed by atoms with Crippen molar-refractivity contribution in [1.29, 1.82) is 0 Å². The van der Waals surface area contributed by atoms with Gasteiger partial charge in [-0.05, 0) is 49.0 Å². The van der Waals surface area contributed by atoms with E-state index < -0.39 is 5.97 Å². The lowest BCUT2D eigenvalue weighted by atomic mass is 10.1. The SMILES string of the molecule is Cc1ccc(C(=O)O)cc1-n1c(O)c(C=C2N=c3ccccc3=N2)sc1=S. The largest absolute Gasteiger partial charge is 0.493 e. The van der Waals surface area contributed by atoms with Gasteiger partial charge in [-0.1, -0.05) is 18.2 Å². The first kappa shape index (κ1) is 17.3. The first-order valence-electron chi connectivity index (χ1n) is 7.97. The summed E-state index contributed by atoms with van der Waals surface area (Å²) < 4.78 is 1.87. The topological polar surface area (TPSA) is 87.2 Å². The summed E-state index contributed by atoms with van der Waals surface area (Å²) in [5.74, 6) is -0.628.